The third-order valence-electron chi connectivity index (χ3n) is 5.12. The Morgan fingerprint density at radius 1 is 0.634 bits per heavy atom. The molecule has 0 aromatic heterocycles. The first-order valence-corrected chi connectivity index (χ1v) is 13.7. The van der Waals surface area contributed by atoms with Crippen LogP contribution in [0.15, 0.2) is 115 Å². The van der Waals surface area contributed by atoms with E-state index in [4.69, 9.17) is 0 Å². The zero-order chi connectivity index (χ0) is 28.2. The molecule has 0 saturated heterocycles. The fourth-order valence-corrected chi connectivity index (χ4v) is 4.39. The molecule has 0 saturated carbocycles. The van der Waals surface area contributed by atoms with Gasteiger partial charge in [-0.2, -0.15) is 10.2 Å². The van der Waals surface area contributed by atoms with Gasteiger partial charge >= 0.3 is 59.1 Å². The summed E-state index contributed by atoms with van der Waals surface area (Å²) in [4.78, 5) is 23.9. The van der Waals surface area contributed by atoms with Crippen molar-refractivity contribution in [3.05, 3.63) is 116 Å². The van der Waals surface area contributed by atoms with Gasteiger partial charge in [-0.05, 0) is 66.7 Å². The molecule has 0 aliphatic rings. The number of hydrogen-bond acceptors (Lipinski definition) is 13. The molecule has 0 bridgehead atoms. The van der Waals surface area contributed by atoms with Crippen molar-refractivity contribution in [3.63, 3.8) is 0 Å². The first-order chi connectivity index (χ1) is 18.4. The van der Waals surface area contributed by atoms with Crippen LogP contribution in [-0.4, -0.2) is 25.9 Å². The van der Waals surface area contributed by atoms with Crippen LogP contribution in [0.4, 0.5) is 22.7 Å². The number of nitrogens with one attached hydrogen (secondary N) is 3. The minimum atomic E-state index is -4.90. The summed E-state index contributed by atoms with van der Waals surface area (Å²) in [5.41, 5.74) is 4.16. The molecule has 17 heteroatoms. The van der Waals surface area contributed by atoms with E-state index in [1.165, 1.54) is 24.3 Å². The number of anilines is 4. The van der Waals surface area contributed by atoms with Crippen LogP contribution in [0.3, 0.4) is 0 Å². The summed E-state index contributed by atoms with van der Waals surface area (Å²) in [6.07, 6.45) is 0. The Bertz CT molecular complexity index is 1980. The van der Waals surface area contributed by atoms with Crippen molar-refractivity contribution in [2.45, 2.75) is 9.79 Å². The molecule has 3 N–H and O–H groups in total. The fourth-order valence-electron chi connectivity index (χ4n) is 3.26. The van der Waals surface area contributed by atoms with Crippen molar-refractivity contribution in [3.8, 4) is 0 Å². The molecule has 200 valence electrons. The van der Waals surface area contributed by atoms with E-state index < -0.39 is 46.2 Å². The van der Waals surface area contributed by atoms with Gasteiger partial charge < -0.3 is 14.4 Å². The molecule has 0 spiro atoms. The first-order valence-electron chi connectivity index (χ1n) is 10.8. The van der Waals surface area contributed by atoms with E-state index in [1.54, 1.807) is 30.3 Å². The maximum absolute atomic E-state index is 12.8. The SMILES string of the molecule is O=c1cc/c(=N/Nc2ccc(Nc3ccccc3)c(S(=O)(=O)[O-])c2)c(=O)/c1=N\Nc1ccc(S(=O)(=O)[O-])cc1.[Na+].[Na+]. The van der Waals surface area contributed by atoms with E-state index in [9.17, 15) is 35.5 Å². The van der Waals surface area contributed by atoms with E-state index in [1.807, 2.05) is 0 Å². The summed E-state index contributed by atoms with van der Waals surface area (Å²) in [6.45, 7) is 0. The van der Waals surface area contributed by atoms with Gasteiger partial charge in [-0.25, -0.2) is 16.8 Å². The topological polar surface area (TPSA) is 209 Å². The predicted octanol–water partition coefficient (Wildman–Crippen LogP) is -5.30. The third-order valence-corrected chi connectivity index (χ3v) is 6.85. The van der Waals surface area contributed by atoms with E-state index in [2.05, 4.69) is 26.4 Å². The van der Waals surface area contributed by atoms with Gasteiger partial charge in [-0.3, -0.25) is 20.4 Å². The van der Waals surface area contributed by atoms with Gasteiger partial charge in [0.25, 0.3) is 0 Å². The average molecular weight is 614 g/mol. The number of rotatable bonds is 8. The van der Waals surface area contributed by atoms with E-state index >= 15 is 0 Å². The fraction of sp³-hybridized carbons (Fsp3) is 0. The summed E-state index contributed by atoms with van der Waals surface area (Å²) in [5.74, 6) is 0. The van der Waals surface area contributed by atoms with Gasteiger partial charge in [0.2, 0.25) is 10.9 Å². The molecule has 0 atom stereocenters. The van der Waals surface area contributed by atoms with Crippen LogP contribution in [0.1, 0.15) is 0 Å². The zero-order valence-corrected chi connectivity index (χ0v) is 27.2. The molecule has 0 aliphatic heterocycles. The van der Waals surface area contributed by atoms with Crippen LogP contribution >= 0.6 is 0 Å². The first kappa shape index (κ1) is 34.5. The maximum Gasteiger partial charge on any atom is 1.00 e. The number of hydrogen-bond donors (Lipinski definition) is 3. The van der Waals surface area contributed by atoms with Crippen molar-refractivity contribution in [2.24, 2.45) is 10.2 Å². The normalized spacial score (nSPS) is 12.1. The van der Waals surface area contributed by atoms with Crippen LogP contribution in [0.5, 0.6) is 0 Å². The number of para-hydroxylation sites is 1. The molecule has 13 nitrogen and oxygen atoms in total. The van der Waals surface area contributed by atoms with Crippen molar-refractivity contribution >= 4 is 43.0 Å². The van der Waals surface area contributed by atoms with Crippen molar-refractivity contribution < 1.29 is 85.1 Å². The average Bonchev–Trinajstić information content (AvgIpc) is 2.88. The Kier molecular flexibility index (Phi) is 12.2. The van der Waals surface area contributed by atoms with E-state index in [0.29, 0.717) is 5.69 Å². The molecule has 0 aliphatic carbocycles. The summed E-state index contributed by atoms with van der Waals surface area (Å²) >= 11 is 0. The Balaban J connectivity index is 0.00000294. The second kappa shape index (κ2) is 14.5. The van der Waals surface area contributed by atoms with Crippen molar-refractivity contribution in [1.82, 2.24) is 0 Å². The van der Waals surface area contributed by atoms with E-state index in [0.717, 1.165) is 30.3 Å². The monoisotopic (exact) mass is 613 g/mol. The minimum absolute atomic E-state index is 0. The van der Waals surface area contributed by atoms with Gasteiger partial charge in [0, 0.05) is 5.69 Å². The van der Waals surface area contributed by atoms with Crippen molar-refractivity contribution in [2.75, 3.05) is 16.2 Å². The predicted molar refractivity (Wildman–Crippen MR) is 138 cm³/mol. The number of nitrogens with zero attached hydrogens (tertiary/aromatic N) is 2. The molecule has 4 aromatic carbocycles. The van der Waals surface area contributed by atoms with Crippen LogP contribution in [0, 0.1) is 0 Å². The quantitative estimate of drug-likeness (QED) is 0.0971. The molecule has 0 heterocycles. The van der Waals surface area contributed by atoms with E-state index in [-0.39, 0.29) is 81.5 Å². The minimum Gasteiger partial charge on any atom is -0.744 e. The van der Waals surface area contributed by atoms with Crippen molar-refractivity contribution in [1.29, 1.82) is 0 Å². The van der Waals surface area contributed by atoms with Gasteiger partial charge in [-0.15, -0.1) is 0 Å². The maximum atomic E-state index is 12.8. The standard InChI is InChI=1S/C24H19N5O8S2.2Na/c30-21-13-12-20(24(31)23(21)29-26-16-6-9-18(10-7-16)38(32,33)34)28-27-17-8-11-19(22(14-17)39(35,36)37)25-15-4-2-1-3-5-15;;/h1-14,25-27H,(H,32,33,34)(H,35,36,37);;/q;2*+1/p-2/b28-20-,29-23-;;. The molecule has 0 fully saturated rings. The third kappa shape index (κ3) is 9.14. The Morgan fingerprint density at radius 2 is 1.24 bits per heavy atom. The Hall–Kier alpha value is -2.70. The van der Waals surface area contributed by atoms with Crippen LogP contribution in [0.2, 0.25) is 0 Å². The molecule has 4 aromatic rings. The molecule has 0 radical (unpaired) electrons. The molecule has 0 unspecified atom stereocenters. The second-order valence-corrected chi connectivity index (χ2v) is 10.6. The zero-order valence-electron chi connectivity index (χ0n) is 21.6. The summed E-state index contributed by atoms with van der Waals surface area (Å²) in [6, 6.07) is 19.1. The summed E-state index contributed by atoms with van der Waals surface area (Å²) in [5, 5.41) is 9.73. The van der Waals surface area contributed by atoms with Gasteiger partial charge in [-0.1, -0.05) is 18.2 Å². The summed E-state index contributed by atoms with van der Waals surface area (Å²) < 4.78 is 68.7. The molecular weight excluding hydrogens is 596 g/mol. The van der Waals surface area contributed by atoms with Gasteiger partial charge in [0.15, 0.2) is 5.36 Å². The molecule has 0 amide bonds. The Morgan fingerprint density at radius 3 is 1.85 bits per heavy atom. The largest absolute Gasteiger partial charge is 1.00 e. The molecule has 4 rings (SSSR count). The van der Waals surface area contributed by atoms with Gasteiger partial charge in [0.1, 0.15) is 25.6 Å². The smallest absolute Gasteiger partial charge is 0.744 e. The number of benzene rings is 4. The molecule has 41 heavy (non-hydrogen) atoms. The Labute approximate surface area is 277 Å². The van der Waals surface area contributed by atoms with Gasteiger partial charge in [0.05, 0.1) is 26.9 Å². The summed E-state index contributed by atoms with van der Waals surface area (Å²) in [7, 11) is -9.54. The van der Waals surface area contributed by atoms with Crippen LogP contribution in [0.25, 0.3) is 0 Å². The van der Waals surface area contributed by atoms with Crippen LogP contribution < -0.4 is 96.9 Å². The van der Waals surface area contributed by atoms with Crippen LogP contribution in [-0.2, 0) is 20.2 Å². The second-order valence-electron chi connectivity index (χ2n) is 7.84. The molecular formula is C24H17N5Na2O8S2.